The molecule has 7 nitrogen and oxygen atoms in total. The molecule has 0 atom stereocenters. The van der Waals surface area contributed by atoms with Crippen LogP contribution in [0.2, 0.25) is 4.34 Å². The molecule has 9 heteroatoms. The molecule has 1 aliphatic heterocycles. The molecule has 29 heavy (non-hydrogen) atoms. The Kier molecular flexibility index (Phi) is 7.76. The van der Waals surface area contributed by atoms with Crippen molar-refractivity contribution in [2.24, 2.45) is 4.99 Å². The molecule has 0 radical (unpaired) electrons. The van der Waals surface area contributed by atoms with Crippen molar-refractivity contribution in [1.29, 1.82) is 0 Å². The third kappa shape index (κ3) is 5.86. The van der Waals surface area contributed by atoms with E-state index in [0.29, 0.717) is 24.0 Å². The summed E-state index contributed by atoms with van der Waals surface area (Å²) in [6.07, 6.45) is 1.67. The van der Waals surface area contributed by atoms with E-state index in [1.807, 2.05) is 37.3 Å². The lowest BCUT2D eigenvalue weighted by Gasteiger charge is -2.27. The highest BCUT2D eigenvalue weighted by Gasteiger charge is 2.21. The van der Waals surface area contributed by atoms with Crippen LogP contribution in [0.5, 0.6) is 0 Å². The standard InChI is InChI=1S/C20H22ClN3O4S/c1-2-23(19(25)13-28-14-22-11-17-7-8-18(21)29-17)15-3-5-16(6-4-15)24-9-10-27-12-20(24)26/h3-8,11H,2,9-10,12-14H2,1H3. The third-order valence-electron chi connectivity index (χ3n) is 4.28. The number of hydrogen-bond donors (Lipinski definition) is 0. The summed E-state index contributed by atoms with van der Waals surface area (Å²) < 4.78 is 11.2. The Hall–Kier alpha value is -2.26. The maximum atomic E-state index is 12.5. The van der Waals surface area contributed by atoms with Crippen LogP contribution in [-0.2, 0) is 19.1 Å². The van der Waals surface area contributed by atoms with Crippen molar-refractivity contribution in [2.45, 2.75) is 6.92 Å². The SMILES string of the molecule is CCN(C(=O)COCN=Cc1ccc(Cl)s1)c1ccc(N2CCOCC2=O)cc1. The maximum Gasteiger partial charge on any atom is 0.253 e. The molecule has 0 bridgehead atoms. The van der Waals surface area contributed by atoms with Crippen LogP contribution < -0.4 is 9.80 Å². The van der Waals surface area contributed by atoms with Gasteiger partial charge in [-0.15, -0.1) is 11.3 Å². The largest absolute Gasteiger partial charge is 0.370 e. The number of aliphatic imine (C=N–C) groups is 1. The lowest BCUT2D eigenvalue weighted by molar-refractivity contribution is -0.125. The van der Waals surface area contributed by atoms with Gasteiger partial charge in [-0.2, -0.15) is 0 Å². The first-order valence-electron chi connectivity index (χ1n) is 9.20. The number of carbonyl (C=O) groups is 2. The van der Waals surface area contributed by atoms with Gasteiger partial charge >= 0.3 is 0 Å². The number of anilines is 2. The molecule has 1 fully saturated rings. The lowest BCUT2D eigenvalue weighted by Crippen LogP contribution is -2.41. The van der Waals surface area contributed by atoms with E-state index < -0.39 is 0 Å². The minimum Gasteiger partial charge on any atom is -0.370 e. The number of halogens is 1. The molecule has 0 spiro atoms. The number of hydrogen-bond acceptors (Lipinski definition) is 6. The van der Waals surface area contributed by atoms with Crippen LogP contribution in [0.25, 0.3) is 0 Å². The molecule has 3 rings (SSSR count). The monoisotopic (exact) mass is 435 g/mol. The van der Waals surface area contributed by atoms with Gasteiger partial charge in [0.05, 0.1) is 10.9 Å². The fourth-order valence-corrected chi connectivity index (χ4v) is 3.85. The average molecular weight is 436 g/mol. The van der Waals surface area contributed by atoms with Crippen LogP contribution >= 0.6 is 22.9 Å². The van der Waals surface area contributed by atoms with Crippen LogP contribution in [0.4, 0.5) is 11.4 Å². The van der Waals surface area contributed by atoms with Gasteiger partial charge in [-0.3, -0.25) is 14.6 Å². The first-order chi connectivity index (χ1) is 14.1. The van der Waals surface area contributed by atoms with Gasteiger partial charge in [-0.1, -0.05) is 11.6 Å². The molecule has 1 aliphatic rings. The van der Waals surface area contributed by atoms with Gasteiger partial charge in [-0.05, 0) is 43.3 Å². The fraction of sp³-hybridized carbons (Fsp3) is 0.350. The number of thiophene rings is 1. The van der Waals surface area contributed by atoms with Gasteiger partial charge in [0.1, 0.15) is 19.9 Å². The second-order valence-corrected chi connectivity index (χ2v) is 7.93. The van der Waals surface area contributed by atoms with Gasteiger partial charge in [0.15, 0.2) is 0 Å². The molecular weight excluding hydrogens is 414 g/mol. The molecule has 154 valence electrons. The highest BCUT2D eigenvalue weighted by atomic mass is 35.5. The van der Waals surface area contributed by atoms with E-state index in [2.05, 4.69) is 4.99 Å². The number of morpholine rings is 1. The molecule has 0 aliphatic carbocycles. The number of nitrogens with zero attached hydrogens (tertiary/aromatic N) is 3. The summed E-state index contributed by atoms with van der Waals surface area (Å²) in [5.41, 5.74) is 1.55. The normalized spacial score (nSPS) is 14.6. The van der Waals surface area contributed by atoms with E-state index in [0.717, 1.165) is 16.3 Å². The fourth-order valence-electron chi connectivity index (χ4n) is 2.89. The Morgan fingerprint density at radius 1 is 1.34 bits per heavy atom. The van der Waals surface area contributed by atoms with E-state index in [4.69, 9.17) is 21.1 Å². The van der Waals surface area contributed by atoms with Crippen molar-refractivity contribution in [1.82, 2.24) is 0 Å². The molecule has 2 aromatic rings. The molecule has 0 unspecified atom stereocenters. The molecule has 1 aromatic carbocycles. The van der Waals surface area contributed by atoms with E-state index in [-0.39, 0.29) is 31.8 Å². The minimum atomic E-state index is -0.155. The predicted octanol–water partition coefficient (Wildman–Crippen LogP) is 3.21. The first kappa shape index (κ1) is 21.4. The smallest absolute Gasteiger partial charge is 0.253 e. The first-order valence-corrected chi connectivity index (χ1v) is 10.4. The van der Waals surface area contributed by atoms with Gasteiger partial charge in [0.25, 0.3) is 11.8 Å². The number of benzene rings is 1. The quantitative estimate of drug-likeness (QED) is 0.471. The number of ether oxygens (including phenoxy) is 2. The van der Waals surface area contributed by atoms with Crippen molar-refractivity contribution in [2.75, 3.05) is 49.4 Å². The number of rotatable bonds is 8. The summed E-state index contributed by atoms with van der Waals surface area (Å²) >= 11 is 7.29. The van der Waals surface area contributed by atoms with E-state index in [1.54, 1.807) is 22.1 Å². The summed E-state index contributed by atoms with van der Waals surface area (Å²) in [5.74, 6) is -0.219. The lowest BCUT2D eigenvalue weighted by atomic mass is 10.2. The zero-order valence-corrected chi connectivity index (χ0v) is 17.6. The topological polar surface area (TPSA) is 71.4 Å². The number of amides is 2. The molecule has 0 saturated carbocycles. The van der Waals surface area contributed by atoms with E-state index in [1.165, 1.54) is 11.3 Å². The van der Waals surface area contributed by atoms with Crippen LogP contribution in [0.15, 0.2) is 41.4 Å². The average Bonchev–Trinajstić information content (AvgIpc) is 3.14. The molecule has 0 N–H and O–H groups in total. The van der Waals surface area contributed by atoms with Gasteiger partial charge in [0, 0.05) is 35.6 Å². The highest BCUT2D eigenvalue weighted by molar-refractivity contribution is 7.17. The second kappa shape index (κ2) is 10.5. The van der Waals surface area contributed by atoms with E-state index >= 15 is 0 Å². The maximum absolute atomic E-state index is 12.5. The van der Waals surface area contributed by atoms with Crippen molar-refractivity contribution in [3.63, 3.8) is 0 Å². The summed E-state index contributed by atoms with van der Waals surface area (Å²) in [5, 5.41) is 0. The van der Waals surface area contributed by atoms with Crippen LogP contribution in [0.3, 0.4) is 0 Å². The van der Waals surface area contributed by atoms with Crippen molar-refractivity contribution in [3.8, 4) is 0 Å². The van der Waals surface area contributed by atoms with Crippen molar-refractivity contribution < 1.29 is 19.1 Å². The Balaban J connectivity index is 1.52. The number of carbonyl (C=O) groups excluding carboxylic acids is 2. The van der Waals surface area contributed by atoms with Gasteiger partial charge in [-0.25, -0.2) is 0 Å². The highest BCUT2D eigenvalue weighted by Crippen LogP contribution is 2.22. The minimum absolute atomic E-state index is 0.0637. The van der Waals surface area contributed by atoms with E-state index in [9.17, 15) is 9.59 Å². The predicted molar refractivity (Wildman–Crippen MR) is 115 cm³/mol. The Morgan fingerprint density at radius 2 is 2.14 bits per heavy atom. The van der Waals surface area contributed by atoms with Crippen molar-refractivity contribution in [3.05, 3.63) is 45.6 Å². The summed E-state index contributed by atoms with van der Waals surface area (Å²) in [6, 6.07) is 11.0. The molecule has 2 heterocycles. The Labute approximate surface area is 178 Å². The molecule has 1 saturated heterocycles. The van der Waals surface area contributed by atoms with Gasteiger partial charge < -0.3 is 19.3 Å². The Morgan fingerprint density at radius 3 is 2.79 bits per heavy atom. The second-order valence-electron chi connectivity index (χ2n) is 6.18. The molecule has 1 aromatic heterocycles. The third-order valence-corrected chi connectivity index (χ3v) is 5.45. The van der Waals surface area contributed by atoms with Crippen LogP contribution in [0.1, 0.15) is 11.8 Å². The van der Waals surface area contributed by atoms with Crippen LogP contribution in [-0.4, -0.2) is 57.7 Å². The summed E-state index contributed by atoms with van der Waals surface area (Å²) in [4.78, 5) is 32.8. The van der Waals surface area contributed by atoms with Crippen LogP contribution in [0, 0.1) is 0 Å². The summed E-state index contributed by atoms with van der Waals surface area (Å²) in [6.45, 7) is 3.58. The molecular formula is C20H22ClN3O4S. The van der Waals surface area contributed by atoms with Crippen molar-refractivity contribution >= 4 is 52.3 Å². The molecule has 2 amide bonds. The zero-order chi connectivity index (χ0) is 20.6. The Bertz CT molecular complexity index is 869. The number of likely N-dealkylation sites (N-methyl/N-ethyl adjacent to an activating group) is 1. The zero-order valence-electron chi connectivity index (χ0n) is 16.0. The van der Waals surface area contributed by atoms with Gasteiger partial charge in [0.2, 0.25) is 0 Å². The summed E-state index contributed by atoms with van der Waals surface area (Å²) in [7, 11) is 0.